The molecule has 11 heteroatoms. The van der Waals surface area contributed by atoms with Crippen molar-refractivity contribution in [3.8, 4) is 17.3 Å². The molecule has 1 saturated heterocycles. The Kier molecular flexibility index (Phi) is 8.71. The molecule has 1 aliphatic heterocycles. The van der Waals surface area contributed by atoms with Crippen LogP contribution in [0.4, 0.5) is 4.39 Å². The highest BCUT2D eigenvalue weighted by Crippen LogP contribution is 2.31. The van der Waals surface area contributed by atoms with E-state index in [1.165, 1.54) is 21.3 Å². The Morgan fingerprint density at radius 3 is 2.51 bits per heavy atom. The van der Waals surface area contributed by atoms with Gasteiger partial charge in [-0.15, -0.1) is 0 Å². The number of imidazole rings is 1. The van der Waals surface area contributed by atoms with E-state index < -0.39 is 11.2 Å². The van der Waals surface area contributed by atoms with Gasteiger partial charge in [0.1, 0.15) is 17.7 Å². The molecule has 0 spiro atoms. The predicted octanol–water partition coefficient (Wildman–Crippen LogP) is 4.74. The van der Waals surface area contributed by atoms with E-state index in [-0.39, 0.29) is 31.3 Å². The van der Waals surface area contributed by atoms with Crippen molar-refractivity contribution in [2.24, 2.45) is 5.92 Å². The maximum absolute atomic E-state index is 14.0. The largest absolute Gasteiger partial charge is 0.474 e. The van der Waals surface area contributed by atoms with Gasteiger partial charge in [0.2, 0.25) is 5.88 Å². The van der Waals surface area contributed by atoms with Crippen LogP contribution in [-0.4, -0.2) is 49.3 Å². The Morgan fingerprint density at radius 1 is 1.02 bits per heavy atom. The van der Waals surface area contributed by atoms with Gasteiger partial charge in [0.15, 0.2) is 17.5 Å². The van der Waals surface area contributed by atoms with Crippen molar-refractivity contribution in [1.82, 2.24) is 23.7 Å². The number of aryl methyl sites for hydroxylation is 1. The zero-order valence-electron chi connectivity index (χ0n) is 24.7. The Morgan fingerprint density at radius 2 is 1.86 bits per heavy atom. The number of hydrogen-bond acceptors (Lipinski definition) is 7. The average molecular weight is 592 g/mol. The molecule has 0 N–H and O–H groups in total. The van der Waals surface area contributed by atoms with Crippen LogP contribution in [0.2, 0.25) is 0 Å². The molecular weight excluding hydrogens is 553 g/mol. The maximum atomic E-state index is 14.0. The molecular formula is C32H38FN5O5. The molecule has 3 atom stereocenters. The summed E-state index contributed by atoms with van der Waals surface area (Å²) in [6.45, 7) is 5.87. The molecule has 4 aromatic rings. The van der Waals surface area contributed by atoms with Crippen LogP contribution in [0.3, 0.4) is 0 Å². The first-order valence-corrected chi connectivity index (χ1v) is 15.3. The lowest BCUT2D eigenvalue weighted by molar-refractivity contribution is -0.163. The smallest absolute Gasteiger partial charge is 0.332 e. The van der Waals surface area contributed by atoms with Crippen molar-refractivity contribution in [3.63, 3.8) is 0 Å². The summed E-state index contributed by atoms with van der Waals surface area (Å²) in [6.07, 6.45) is 7.20. The first kappa shape index (κ1) is 29.3. The van der Waals surface area contributed by atoms with Crippen LogP contribution >= 0.6 is 0 Å². The summed E-state index contributed by atoms with van der Waals surface area (Å²) in [5.74, 6) is 1.18. The summed E-state index contributed by atoms with van der Waals surface area (Å²) >= 11 is 0. The second kappa shape index (κ2) is 12.8. The van der Waals surface area contributed by atoms with Crippen molar-refractivity contribution in [2.45, 2.75) is 84.4 Å². The quantitative estimate of drug-likeness (QED) is 0.232. The zero-order valence-corrected chi connectivity index (χ0v) is 24.7. The van der Waals surface area contributed by atoms with Crippen molar-refractivity contribution >= 4 is 11.2 Å². The minimum atomic E-state index is -0.425. The van der Waals surface area contributed by atoms with Crippen LogP contribution in [0.25, 0.3) is 22.6 Å². The third-order valence-corrected chi connectivity index (χ3v) is 8.46. The predicted molar refractivity (Wildman–Crippen MR) is 160 cm³/mol. The van der Waals surface area contributed by atoms with Gasteiger partial charge >= 0.3 is 5.69 Å². The van der Waals surface area contributed by atoms with Crippen molar-refractivity contribution in [1.29, 1.82) is 0 Å². The topological polar surface area (TPSA) is 102 Å². The number of rotatable bonds is 11. The monoisotopic (exact) mass is 591 g/mol. The Hall–Kier alpha value is -3.83. The number of pyridine rings is 1. The summed E-state index contributed by atoms with van der Waals surface area (Å²) in [6, 6.07) is 9.81. The van der Waals surface area contributed by atoms with Crippen LogP contribution < -0.4 is 16.0 Å². The molecule has 0 radical (unpaired) electrons. The highest BCUT2D eigenvalue weighted by molar-refractivity contribution is 5.77. The molecule has 3 unspecified atom stereocenters. The minimum Gasteiger partial charge on any atom is -0.474 e. The second-order valence-electron chi connectivity index (χ2n) is 11.4. The lowest BCUT2D eigenvalue weighted by Gasteiger charge is -2.33. The Labute approximate surface area is 249 Å². The lowest BCUT2D eigenvalue weighted by atomic mass is 9.84. The van der Waals surface area contributed by atoms with Crippen LogP contribution in [0.1, 0.15) is 57.9 Å². The highest BCUT2D eigenvalue weighted by atomic mass is 19.1. The number of aromatic nitrogens is 5. The number of fused-ring (bicyclic) bond motifs is 1. The normalized spacial score (nSPS) is 20.3. The maximum Gasteiger partial charge on any atom is 0.332 e. The summed E-state index contributed by atoms with van der Waals surface area (Å²) in [7, 11) is 0. The fraction of sp³-hybridized carbons (Fsp3) is 0.500. The van der Waals surface area contributed by atoms with E-state index in [4.69, 9.17) is 19.2 Å². The van der Waals surface area contributed by atoms with Gasteiger partial charge in [0.05, 0.1) is 6.61 Å². The highest BCUT2D eigenvalue weighted by Gasteiger charge is 2.29. The molecule has 2 fully saturated rings. The summed E-state index contributed by atoms with van der Waals surface area (Å²) in [5.41, 5.74) is 1.24. The molecule has 0 amide bonds. The molecule has 1 saturated carbocycles. The van der Waals surface area contributed by atoms with Gasteiger partial charge in [-0.2, -0.15) is 0 Å². The van der Waals surface area contributed by atoms with Crippen molar-refractivity contribution in [3.05, 3.63) is 74.8 Å². The molecule has 2 aliphatic rings. The molecule has 43 heavy (non-hydrogen) atoms. The SMILES string of the molecule is CCn1c(=O)n(CCCOC2CCCCO2)c(=O)c2c1nc(-c1ccc(OC3CCC3C)nc1)n2Cc1ccc(F)cc1. The number of benzene rings is 1. The van der Waals surface area contributed by atoms with Gasteiger partial charge in [0.25, 0.3) is 5.56 Å². The van der Waals surface area contributed by atoms with Gasteiger partial charge in [-0.25, -0.2) is 19.2 Å². The van der Waals surface area contributed by atoms with Gasteiger partial charge in [-0.05, 0) is 75.1 Å². The van der Waals surface area contributed by atoms with E-state index in [2.05, 4.69) is 11.9 Å². The Balaban J connectivity index is 1.37. The number of nitrogens with zero attached hydrogens (tertiary/aromatic N) is 5. The third kappa shape index (κ3) is 6.14. The van der Waals surface area contributed by atoms with E-state index in [0.717, 1.165) is 37.7 Å². The lowest BCUT2D eigenvalue weighted by Crippen LogP contribution is -2.40. The fourth-order valence-corrected chi connectivity index (χ4v) is 5.75. The van der Waals surface area contributed by atoms with Gasteiger partial charge in [-0.1, -0.05) is 19.1 Å². The molecule has 10 nitrogen and oxygen atoms in total. The molecule has 6 rings (SSSR count). The van der Waals surface area contributed by atoms with E-state index in [1.807, 2.05) is 19.1 Å². The third-order valence-electron chi connectivity index (χ3n) is 8.46. The first-order valence-electron chi connectivity index (χ1n) is 15.3. The summed E-state index contributed by atoms with van der Waals surface area (Å²) < 4.78 is 35.8. The van der Waals surface area contributed by atoms with Gasteiger partial charge in [-0.3, -0.25) is 13.9 Å². The summed E-state index contributed by atoms with van der Waals surface area (Å²) in [5, 5.41) is 0. The van der Waals surface area contributed by atoms with Crippen LogP contribution in [0, 0.1) is 11.7 Å². The van der Waals surface area contributed by atoms with E-state index in [0.29, 0.717) is 60.5 Å². The molecule has 3 aromatic heterocycles. The van der Waals surface area contributed by atoms with E-state index >= 15 is 0 Å². The number of ether oxygens (including phenoxy) is 3. The summed E-state index contributed by atoms with van der Waals surface area (Å²) in [4.78, 5) is 36.9. The van der Waals surface area contributed by atoms with Gasteiger partial charge in [0, 0.05) is 44.1 Å². The molecule has 1 aliphatic carbocycles. The van der Waals surface area contributed by atoms with Crippen molar-refractivity contribution in [2.75, 3.05) is 13.2 Å². The molecule has 228 valence electrons. The first-order chi connectivity index (χ1) is 20.9. The average Bonchev–Trinajstić information content (AvgIpc) is 3.39. The number of hydrogen-bond donors (Lipinski definition) is 0. The zero-order chi connectivity index (χ0) is 29.9. The van der Waals surface area contributed by atoms with E-state index in [1.54, 1.807) is 22.9 Å². The number of halogens is 1. The fourth-order valence-electron chi connectivity index (χ4n) is 5.75. The van der Waals surface area contributed by atoms with Crippen LogP contribution in [-0.2, 0) is 29.1 Å². The van der Waals surface area contributed by atoms with Gasteiger partial charge < -0.3 is 18.8 Å². The van der Waals surface area contributed by atoms with Crippen LogP contribution in [0.15, 0.2) is 52.2 Å². The standard InChI is InChI=1S/C32H38FN5O5/c1-3-36-30-28(31(39)37(32(36)40)16-6-18-42-27-7-4-5-17-41-27)38(20-22-9-12-24(33)13-10-22)29(35-30)23-11-15-26(34-19-23)43-25-14-8-21(25)2/h9-13,15,19,21,25,27H,3-8,14,16-18,20H2,1-2H3. The molecule has 0 bridgehead atoms. The second-order valence-corrected chi connectivity index (χ2v) is 11.4. The van der Waals surface area contributed by atoms with Crippen molar-refractivity contribution < 1.29 is 18.6 Å². The molecule has 1 aromatic carbocycles. The Bertz CT molecular complexity index is 1670. The molecule has 4 heterocycles. The van der Waals surface area contributed by atoms with Crippen LogP contribution in [0.5, 0.6) is 5.88 Å². The van der Waals surface area contributed by atoms with E-state index in [9.17, 15) is 14.0 Å². The minimum absolute atomic E-state index is 0.166.